The summed E-state index contributed by atoms with van der Waals surface area (Å²) in [5, 5.41) is 28.7. The fourth-order valence-corrected chi connectivity index (χ4v) is 3.34. The number of aromatic carboxylic acids is 1. The van der Waals surface area contributed by atoms with E-state index in [9.17, 15) is 28.9 Å². The van der Waals surface area contributed by atoms with Gasteiger partial charge in [0.05, 0.1) is 5.56 Å². The van der Waals surface area contributed by atoms with Gasteiger partial charge in [-0.3, -0.25) is 0 Å². The SMILES string of the molecule is Cc1cc(C(=O)O)ccc1C1=C2C=C(F)C(O)C=C2Oc2cc(O)c(F)cc21. The largest absolute Gasteiger partial charge is 0.505 e. The van der Waals surface area contributed by atoms with E-state index in [-0.39, 0.29) is 28.2 Å². The Morgan fingerprint density at radius 1 is 1.14 bits per heavy atom. The van der Waals surface area contributed by atoms with Gasteiger partial charge in [0.1, 0.15) is 23.4 Å². The van der Waals surface area contributed by atoms with Crippen LogP contribution in [-0.2, 0) is 0 Å². The molecule has 1 atom stereocenters. The first-order valence-corrected chi connectivity index (χ1v) is 8.33. The number of allylic oxidation sites excluding steroid dienone is 1. The number of halogens is 2. The number of hydrogen-bond donors (Lipinski definition) is 3. The van der Waals surface area contributed by atoms with E-state index in [1.54, 1.807) is 13.0 Å². The molecule has 2 aliphatic rings. The van der Waals surface area contributed by atoms with Gasteiger partial charge in [-0.25, -0.2) is 13.6 Å². The number of aliphatic hydroxyl groups excluding tert-OH is 1. The van der Waals surface area contributed by atoms with Crippen LogP contribution < -0.4 is 4.74 Å². The summed E-state index contributed by atoms with van der Waals surface area (Å²) >= 11 is 0. The Balaban J connectivity index is 2.04. The average molecular weight is 384 g/mol. The number of aliphatic hydroxyl groups is 1. The molecule has 5 nitrogen and oxygen atoms in total. The number of hydrogen-bond acceptors (Lipinski definition) is 4. The van der Waals surface area contributed by atoms with Crippen molar-refractivity contribution in [3.8, 4) is 11.5 Å². The van der Waals surface area contributed by atoms with Crippen LogP contribution in [0.2, 0.25) is 0 Å². The molecule has 0 amide bonds. The van der Waals surface area contributed by atoms with Crippen molar-refractivity contribution in [3.63, 3.8) is 0 Å². The summed E-state index contributed by atoms with van der Waals surface area (Å²) in [5.41, 5.74) is 2.15. The van der Waals surface area contributed by atoms with Gasteiger partial charge in [0, 0.05) is 22.8 Å². The van der Waals surface area contributed by atoms with Crippen molar-refractivity contribution in [2.75, 3.05) is 0 Å². The molecule has 0 fully saturated rings. The Hall–Kier alpha value is -3.45. The van der Waals surface area contributed by atoms with Gasteiger partial charge < -0.3 is 20.1 Å². The lowest BCUT2D eigenvalue weighted by atomic mass is 9.85. The summed E-state index contributed by atoms with van der Waals surface area (Å²) in [4.78, 5) is 11.2. The predicted molar refractivity (Wildman–Crippen MR) is 96.1 cm³/mol. The molecule has 0 bridgehead atoms. The normalized spacial score (nSPS) is 17.9. The lowest BCUT2D eigenvalue weighted by Crippen LogP contribution is -2.18. The number of rotatable bonds is 2. The van der Waals surface area contributed by atoms with Gasteiger partial charge in [-0.1, -0.05) is 6.07 Å². The molecule has 0 radical (unpaired) electrons. The van der Waals surface area contributed by atoms with Crippen molar-refractivity contribution in [3.05, 3.63) is 87.7 Å². The van der Waals surface area contributed by atoms with Crippen LogP contribution in [-0.4, -0.2) is 27.4 Å². The van der Waals surface area contributed by atoms with Gasteiger partial charge in [-0.15, -0.1) is 0 Å². The minimum absolute atomic E-state index is 0.0765. The second-order valence-corrected chi connectivity index (χ2v) is 6.53. The van der Waals surface area contributed by atoms with E-state index in [0.29, 0.717) is 16.7 Å². The van der Waals surface area contributed by atoms with E-state index >= 15 is 0 Å². The van der Waals surface area contributed by atoms with Gasteiger partial charge >= 0.3 is 5.97 Å². The highest BCUT2D eigenvalue weighted by atomic mass is 19.1. The first-order chi connectivity index (χ1) is 13.3. The third-order valence-corrected chi connectivity index (χ3v) is 4.69. The van der Waals surface area contributed by atoms with E-state index in [1.807, 2.05) is 0 Å². The summed E-state index contributed by atoms with van der Waals surface area (Å²) in [7, 11) is 0. The van der Waals surface area contributed by atoms with Crippen LogP contribution in [0.3, 0.4) is 0 Å². The van der Waals surface area contributed by atoms with Crippen molar-refractivity contribution in [2.45, 2.75) is 13.0 Å². The Bertz CT molecular complexity index is 1130. The minimum atomic E-state index is -1.48. The first kappa shape index (κ1) is 17.9. The highest BCUT2D eigenvalue weighted by Crippen LogP contribution is 2.46. The van der Waals surface area contributed by atoms with Crippen LogP contribution in [0, 0.1) is 12.7 Å². The van der Waals surface area contributed by atoms with Crippen molar-refractivity contribution < 1.29 is 33.6 Å². The molecule has 4 rings (SSSR count). The van der Waals surface area contributed by atoms with Gasteiger partial charge in [-0.2, -0.15) is 0 Å². The topological polar surface area (TPSA) is 87.0 Å². The summed E-state index contributed by atoms with van der Waals surface area (Å²) in [5.74, 6) is -3.10. The maximum Gasteiger partial charge on any atom is 0.335 e. The molecule has 28 heavy (non-hydrogen) atoms. The molecule has 0 saturated heterocycles. The quantitative estimate of drug-likeness (QED) is 0.732. The van der Waals surface area contributed by atoms with Crippen LogP contribution in [0.5, 0.6) is 11.5 Å². The lowest BCUT2D eigenvalue weighted by Gasteiger charge is -2.28. The zero-order valence-corrected chi connectivity index (χ0v) is 14.5. The third-order valence-electron chi connectivity index (χ3n) is 4.69. The number of fused-ring (bicyclic) bond motifs is 2. The minimum Gasteiger partial charge on any atom is -0.505 e. The molecule has 1 aliphatic heterocycles. The smallest absolute Gasteiger partial charge is 0.335 e. The molecule has 1 unspecified atom stereocenters. The second kappa shape index (κ2) is 6.31. The van der Waals surface area contributed by atoms with Gasteiger partial charge in [0.15, 0.2) is 11.6 Å². The maximum absolute atomic E-state index is 14.1. The van der Waals surface area contributed by atoms with Crippen molar-refractivity contribution in [1.29, 1.82) is 0 Å². The number of phenols is 1. The number of carboxylic acids is 1. The molecule has 2 aromatic rings. The Labute approximate surface area is 158 Å². The number of aryl methyl sites for hydroxylation is 1. The Morgan fingerprint density at radius 3 is 2.57 bits per heavy atom. The molecule has 1 aliphatic carbocycles. The predicted octanol–water partition coefficient (Wildman–Crippen LogP) is 3.84. The van der Waals surface area contributed by atoms with E-state index < -0.39 is 29.5 Å². The molecule has 3 N–H and O–H groups in total. The van der Waals surface area contributed by atoms with E-state index in [0.717, 1.165) is 18.2 Å². The van der Waals surface area contributed by atoms with E-state index in [2.05, 4.69) is 0 Å². The van der Waals surface area contributed by atoms with E-state index in [1.165, 1.54) is 18.2 Å². The standard InChI is InChI=1S/C21H14F2O5/c1-9-4-10(21(26)27)2-3-11(9)20-12-5-14(22)16(24)7-18(12)28-19-8-17(25)15(23)6-13(19)20/h2-8,16,24-25H,1H3,(H,26,27). The number of carboxylic acid groups (broad SMARTS) is 1. The first-order valence-electron chi connectivity index (χ1n) is 8.33. The Kier molecular flexibility index (Phi) is 4.05. The van der Waals surface area contributed by atoms with Crippen LogP contribution in [0.15, 0.2) is 59.6 Å². The zero-order chi connectivity index (χ0) is 20.2. The molecule has 0 spiro atoms. The average Bonchev–Trinajstić information content (AvgIpc) is 2.63. The van der Waals surface area contributed by atoms with Gasteiger partial charge in [-0.05, 0) is 48.4 Å². The zero-order valence-electron chi connectivity index (χ0n) is 14.5. The second-order valence-electron chi connectivity index (χ2n) is 6.53. The van der Waals surface area contributed by atoms with Crippen molar-refractivity contribution in [2.24, 2.45) is 0 Å². The molecule has 142 valence electrons. The monoisotopic (exact) mass is 384 g/mol. The summed E-state index contributed by atoms with van der Waals surface area (Å²) in [6.45, 7) is 1.68. The number of ether oxygens (including phenoxy) is 1. The highest BCUT2D eigenvalue weighted by Gasteiger charge is 2.31. The number of benzene rings is 2. The fraction of sp³-hybridized carbons (Fsp3) is 0.0952. The lowest BCUT2D eigenvalue weighted by molar-refractivity contribution is 0.0696. The number of aromatic hydroxyl groups is 1. The molecule has 2 aromatic carbocycles. The Morgan fingerprint density at radius 2 is 1.89 bits per heavy atom. The number of carbonyl (C=O) groups is 1. The molecule has 1 heterocycles. The molecule has 0 aromatic heterocycles. The van der Waals surface area contributed by atoms with Crippen LogP contribution in [0.4, 0.5) is 8.78 Å². The maximum atomic E-state index is 14.1. The number of phenolic OH excluding ortho intramolecular Hbond substituents is 1. The summed E-state index contributed by atoms with van der Waals surface area (Å²) in [6.07, 6.45) is 0.800. The summed E-state index contributed by atoms with van der Waals surface area (Å²) in [6, 6.07) is 6.58. The van der Waals surface area contributed by atoms with Crippen LogP contribution in [0.25, 0.3) is 5.57 Å². The van der Waals surface area contributed by atoms with Crippen LogP contribution in [0.1, 0.15) is 27.0 Å². The summed E-state index contributed by atoms with van der Waals surface area (Å²) < 4.78 is 33.8. The molecular weight excluding hydrogens is 370 g/mol. The van der Waals surface area contributed by atoms with Gasteiger partial charge in [0.25, 0.3) is 0 Å². The third kappa shape index (κ3) is 2.76. The fourth-order valence-electron chi connectivity index (χ4n) is 3.34. The van der Waals surface area contributed by atoms with Crippen LogP contribution >= 0.6 is 0 Å². The molecule has 0 saturated carbocycles. The molecular formula is C21H14F2O5. The van der Waals surface area contributed by atoms with E-state index in [4.69, 9.17) is 4.74 Å². The van der Waals surface area contributed by atoms with Crippen molar-refractivity contribution >= 4 is 11.5 Å². The highest BCUT2D eigenvalue weighted by molar-refractivity contribution is 5.94. The van der Waals surface area contributed by atoms with Gasteiger partial charge in [0.2, 0.25) is 0 Å². The van der Waals surface area contributed by atoms with Crippen molar-refractivity contribution in [1.82, 2.24) is 0 Å². The molecule has 7 heteroatoms.